The van der Waals surface area contributed by atoms with Gasteiger partial charge in [0.2, 0.25) is 0 Å². The number of rotatable bonds is 3. The molecule has 0 aromatic heterocycles. The lowest BCUT2D eigenvalue weighted by Gasteiger charge is -2.13. The zero-order valence-corrected chi connectivity index (χ0v) is 11.8. The third kappa shape index (κ3) is 3.88. The first-order chi connectivity index (χ1) is 9.77. The van der Waals surface area contributed by atoms with Crippen molar-refractivity contribution in [1.29, 1.82) is 0 Å². The van der Waals surface area contributed by atoms with Crippen molar-refractivity contribution in [2.24, 2.45) is 0 Å². The van der Waals surface area contributed by atoms with Gasteiger partial charge in [-0.1, -0.05) is 17.7 Å². The molecule has 0 radical (unpaired) electrons. The van der Waals surface area contributed by atoms with Gasteiger partial charge >= 0.3 is 6.18 Å². The van der Waals surface area contributed by atoms with Gasteiger partial charge in [-0.25, -0.2) is 4.39 Å². The highest BCUT2D eigenvalue weighted by molar-refractivity contribution is 6.30. The minimum absolute atomic E-state index is 0.0484. The van der Waals surface area contributed by atoms with Gasteiger partial charge in [0.25, 0.3) is 0 Å². The van der Waals surface area contributed by atoms with Gasteiger partial charge in [0.1, 0.15) is 5.82 Å². The van der Waals surface area contributed by atoms with Crippen molar-refractivity contribution >= 4 is 17.3 Å². The van der Waals surface area contributed by atoms with Gasteiger partial charge in [0, 0.05) is 22.8 Å². The number of hydrogen-bond donors (Lipinski definition) is 1. The highest BCUT2D eigenvalue weighted by atomic mass is 35.5. The van der Waals surface area contributed by atoms with E-state index in [1.165, 1.54) is 37.3 Å². The Morgan fingerprint density at radius 3 is 2.48 bits per heavy atom. The highest BCUT2D eigenvalue weighted by Gasteiger charge is 2.32. The summed E-state index contributed by atoms with van der Waals surface area (Å²) >= 11 is 5.76. The maximum atomic E-state index is 13.5. The molecule has 0 aliphatic rings. The Morgan fingerprint density at radius 1 is 1.10 bits per heavy atom. The Hall–Kier alpha value is -1.75. The van der Waals surface area contributed by atoms with Crippen LogP contribution in [0.5, 0.6) is 0 Å². The van der Waals surface area contributed by atoms with Crippen molar-refractivity contribution in [3.05, 3.63) is 63.9 Å². The molecule has 1 N–H and O–H groups in total. The summed E-state index contributed by atoms with van der Waals surface area (Å²) in [7, 11) is 0. The number of hydrogen-bond acceptors (Lipinski definition) is 1. The summed E-state index contributed by atoms with van der Waals surface area (Å²) in [4.78, 5) is 0. The normalized spacial score (nSPS) is 11.5. The number of nitrogens with one attached hydrogen (secondary N) is 1. The maximum absolute atomic E-state index is 13.5. The molecular weight excluding hydrogens is 306 g/mol. The van der Waals surface area contributed by atoms with Gasteiger partial charge in [-0.3, -0.25) is 0 Å². The molecule has 6 heteroatoms. The molecule has 0 spiro atoms. The standard InChI is InChI=1S/C15H12ClF4N/c1-9-2-4-12(7-13(9)15(18,19)20)21-8-10-6-11(16)3-5-14(10)17/h2-7,21H,8H2,1H3. The van der Waals surface area contributed by atoms with Gasteiger partial charge < -0.3 is 5.32 Å². The Morgan fingerprint density at radius 2 is 1.81 bits per heavy atom. The van der Waals surface area contributed by atoms with E-state index in [0.29, 0.717) is 5.02 Å². The molecule has 2 rings (SSSR count). The lowest BCUT2D eigenvalue weighted by Crippen LogP contribution is -2.09. The zero-order valence-electron chi connectivity index (χ0n) is 11.1. The Kier molecular flexibility index (Phi) is 4.42. The summed E-state index contributed by atoms with van der Waals surface area (Å²) in [5, 5.41) is 3.14. The second-order valence-electron chi connectivity index (χ2n) is 4.62. The summed E-state index contributed by atoms with van der Waals surface area (Å²) in [5.74, 6) is -0.463. The van der Waals surface area contributed by atoms with Crippen molar-refractivity contribution in [3.63, 3.8) is 0 Å². The molecule has 0 aliphatic carbocycles. The topological polar surface area (TPSA) is 12.0 Å². The lowest BCUT2D eigenvalue weighted by molar-refractivity contribution is -0.138. The fourth-order valence-electron chi connectivity index (χ4n) is 1.91. The molecule has 0 aliphatic heterocycles. The van der Waals surface area contributed by atoms with Gasteiger partial charge in [-0.2, -0.15) is 13.2 Å². The molecule has 0 unspecified atom stereocenters. The molecule has 0 atom stereocenters. The van der Waals surface area contributed by atoms with Crippen LogP contribution in [0.15, 0.2) is 36.4 Å². The van der Waals surface area contributed by atoms with Crippen LogP contribution >= 0.6 is 11.6 Å². The number of benzene rings is 2. The van der Waals surface area contributed by atoms with Crippen LogP contribution in [0.1, 0.15) is 16.7 Å². The van der Waals surface area contributed by atoms with Crippen molar-refractivity contribution in [2.75, 3.05) is 5.32 Å². The largest absolute Gasteiger partial charge is 0.416 e. The monoisotopic (exact) mass is 317 g/mol. The lowest BCUT2D eigenvalue weighted by atomic mass is 10.1. The van der Waals surface area contributed by atoms with Gasteiger partial charge in [0.15, 0.2) is 0 Å². The SMILES string of the molecule is Cc1ccc(NCc2cc(Cl)ccc2F)cc1C(F)(F)F. The average molecular weight is 318 g/mol. The molecule has 0 saturated heterocycles. The second kappa shape index (κ2) is 5.93. The van der Waals surface area contributed by atoms with Crippen molar-refractivity contribution in [2.45, 2.75) is 19.6 Å². The van der Waals surface area contributed by atoms with Crippen molar-refractivity contribution < 1.29 is 17.6 Å². The van der Waals surface area contributed by atoms with E-state index in [-0.39, 0.29) is 23.4 Å². The summed E-state index contributed by atoms with van der Waals surface area (Å²) < 4.78 is 51.9. The van der Waals surface area contributed by atoms with Gasteiger partial charge in [-0.15, -0.1) is 0 Å². The highest BCUT2D eigenvalue weighted by Crippen LogP contribution is 2.33. The molecule has 0 fully saturated rings. The smallest absolute Gasteiger partial charge is 0.381 e. The number of anilines is 1. The quantitative estimate of drug-likeness (QED) is 0.745. The minimum atomic E-state index is -4.41. The summed E-state index contributed by atoms with van der Waals surface area (Å²) in [6, 6.07) is 7.97. The molecule has 0 bridgehead atoms. The molecule has 0 amide bonds. The molecule has 21 heavy (non-hydrogen) atoms. The van der Waals surface area contributed by atoms with E-state index in [4.69, 9.17) is 11.6 Å². The van der Waals surface area contributed by atoms with Crippen LogP contribution in [0.3, 0.4) is 0 Å². The molecule has 2 aromatic carbocycles. The predicted octanol–water partition coefficient (Wildman–Crippen LogP) is 5.42. The second-order valence-corrected chi connectivity index (χ2v) is 5.05. The van der Waals surface area contributed by atoms with Gasteiger partial charge in [-0.05, 0) is 42.8 Å². The average Bonchev–Trinajstić information content (AvgIpc) is 2.40. The Balaban J connectivity index is 2.19. The molecule has 1 nitrogen and oxygen atoms in total. The molecular formula is C15H12ClF4N. The van der Waals surface area contributed by atoms with E-state index in [1.54, 1.807) is 0 Å². The first-order valence-electron chi connectivity index (χ1n) is 6.13. The molecule has 112 valence electrons. The minimum Gasteiger partial charge on any atom is -0.381 e. The molecule has 0 heterocycles. The van der Waals surface area contributed by atoms with E-state index in [2.05, 4.69) is 5.32 Å². The van der Waals surface area contributed by atoms with Crippen molar-refractivity contribution in [3.8, 4) is 0 Å². The zero-order chi connectivity index (χ0) is 15.6. The third-order valence-electron chi connectivity index (χ3n) is 3.03. The Bertz CT molecular complexity index is 653. The predicted molar refractivity (Wildman–Crippen MR) is 74.9 cm³/mol. The van der Waals surface area contributed by atoms with Crippen LogP contribution in [-0.4, -0.2) is 0 Å². The summed E-state index contributed by atoms with van der Waals surface area (Å²) in [6.07, 6.45) is -4.41. The van der Waals surface area contributed by atoms with E-state index >= 15 is 0 Å². The number of aryl methyl sites for hydroxylation is 1. The van der Waals surface area contributed by atoms with Crippen LogP contribution in [0.2, 0.25) is 5.02 Å². The van der Waals surface area contributed by atoms with Crippen LogP contribution in [0, 0.1) is 12.7 Å². The van der Waals surface area contributed by atoms with Crippen LogP contribution < -0.4 is 5.32 Å². The fraction of sp³-hybridized carbons (Fsp3) is 0.200. The molecule has 0 saturated carbocycles. The van der Waals surface area contributed by atoms with E-state index in [0.717, 1.165) is 6.07 Å². The first-order valence-corrected chi connectivity index (χ1v) is 6.51. The van der Waals surface area contributed by atoms with Crippen LogP contribution in [0.4, 0.5) is 23.2 Å². The van der Waals surface area contributed by atoms with Crippen LogP contribution in [-0.2, 0) is 12.7 Å². The van der Waals surface area contributed by atoms with Crippen LogP contribution in [0.25, 0.3) is 0 Å². The van der Waals surface area contributed by atoms with Crippen molar-refractivity contribution in [1.82, 2.24) is 0 Å². The third-order valence-corrected chi connectivity index (χ3v) is 3.27. The van der Waals surface area contributed by atoms with E-state index in [9.17, 15) is 17.6 Å². The Labute approximate surface area is 124 Å². The maximum Gasteiger partial charge on any atom is 0.416 e. The van der Waals surface area contributed by atoms with Gasteiger partial charge in [0.05, 0.1) is 5.56 Å². The number of alkyl halides is 3. The van der Waals surface area contributed by atoms with E-state index < -0.39 is 17.6 Å². The summed E-state index contributed by atoms with van der Waals surface area (Å²) in [5.41, 5.74) is -0.00927. The summed E-state index contributed by atoms with van der Waals surface area (Å²) in [6.45, 7) is 1.44. The fourth-order valence-corrected chi connectivity index (χ4v) is 2.11. The number of halogens is 5. The first kappa shape index (κ1) is 15.6. The molecule has 2 aromatic rings. The van der Waals surface area contributed by atoms with E-state index in [1.807, 2.05) is 0 Å².